The number of sulfonamides is 1. The van der Waals surface area contributed by atoms with Gasteiger partial charge in [0.05, 0.1) is 42.4 Å². The molecule has 4 rings (SSSR count). The number of carbonyl (C=O) groups is 1. The molecule has 11 nitrogen and oxygen atoms in total. The molecule has 0 saturated carbocycles. The number of fused-ring (bicyclic) bond motifs is 1. The molecule has 33 heavy (non-hydrogen) atoms. The Hall–Kier alpha value is -2.71. The van der Waals surface area contributed by atoms with Crippen molar-refractivity contribution in [3.05, 3.63) is 45.5 Å². The van der Waals surface area contributed by atoms with Gasteiger partial charge in [-0.15, -0.1) is 11.3 Å². The van der Waals surface area contributed by atoms with E-state index in [4.69, 9.17) is 9.88 Å². The summed E-state index contributed by atoms with van der Waals surface area (Å²) in [5.41, 5.74) is 0.269. The first-order chi connectivity index (χ1) is 15.7. The van der Waals surface area contributed by atoms with E-state index in [1.54, 1.807) is 6.92 Å². The number of amides is 1. The standard InChI is InChI=1S/C20H24N6O5S2/c1-13-16(18(27)24-14-3-4-15(22-11-14)33(21,29)30)17-19(32-13)23-12-26(20(17)28)6-2-5-25-7-9-31-10-8-25/h3-4,11-12H,2,5-10H2,1H3,(H,24,27)(H2,21,29,30). The maximum atomic E-state index is 13.2. The summed E-state index contributed by atoms with van der Waals surface area (Å²) in [5.74, 6) is -0.492. The van der Waals surface area contributed by atoms with Gasteiger partial charge in [-0.3, -0.25) is 19.1 Å². The zero-order chi connectivity index (χ0) is 23.6. The molecule has 4 heterocycles. The van der Waals surface area contributed by atoms with Gasteiger partial charge < -0.3 is 10.1 Å². The average Bonchev–Trinajstić information content (AvgIpc) is 3.12. The van der Waals surface area contributed by atoms with E-state index < -0.39 is 15.9 Å². The number of nitrogens with two attached hydrogens (primary N) is 1. The summed E-state index contributed by atoms with van der Waals surface area (Å²) >= 11 is 1.27. The molecule has 3 N–H and O–H groups in total. The lowest BCUT2D eigenvalue weighted by atomic mass is 10.1. The predicted octanol–water partition coefficient (Wildman–Crippen LogP) is 0.783. The van der Waals surface area contributed by atoms with E-state index in [9.17, 15) is 18.0 Å². The molecule has 0 radical (unpaired) electrons. The van der Waals surface area contributed by atoms with Crippen molar-refractivity contribution in [3.8, 4) is 0 Å². The summed E-state index contributed by atoms with van der Waals surface area (Å²) < 4.78 is 29.6. The first-order valence-electron chi connectivity index (χ1n) is 10.3. The number of pyridine rings is 1. The smallest absolute Gasteiger partial charge is 0.262 e. The number of thiophene rings is 1. The maximum absolute atomic E-state index is 13.2. The van der Waals surface area contributed by atoms with E-state index in [1.165, 1.54) is 40.6 Å². The van der Waals surface area contributed by atoms with Gasteiger partial charge in [-0.2, -0.15) is 0 Å². The fourth-order valence-corrected chi connectivity index (χ4v) is 5.11. The molecule has 0 unspecified atom stereocenters. The number of hydrogen-bond acceptors (Lipinski definition) is 9. The minimum Gasteiger partial charge on any atom is -0.379 e. The molecule has 176 valence electrons. The van der Waals surface area contributed by atoms with Crippen molar-refractivity contribution < 1.29 is 17.9 Å². The molecule has 0 spiro atoms. The Labute approximate surface area is 194 Å². The van der Waals surface area contributed by atoms with Crippen LogP contribution >= 0.6 is 11.3 Å². The van der Waals surface area contributed by atoms with E-state index in [0.717, 1.165) is 39.3 Å². The number of aromatic nitrogens is 3. The van der Waals surface area contributed by atoms with Crippen LogP contribution in [0.2, 0.25) is 0 Å². The van der Waals surface area contributed by atoms with Crippen molar-refractivity contribution >= 4 is 43.2 Å². The van der Waals surface area contributed by atoms with Gasteiger partial charge in [-0.1, -0.05) is 0 Å². The highest BCUT2D eigenvalue weighted by molar-refractivity contribution is 7.89. The Bertz CT molecular complexity index is 1330. The second-order valence-corrected chi connectivity index (χ2v) is 10.4. The number of ether oxygens (including phenoxy) is 1. The van der Waals surface area contributed by atoms with Crippen LogP contribution in [0.3, 0.4) is 0 Å². The van der Waals surface area contributed by atoms with Gasteiger partial charge in [0.25, 0.3) is 21.5 Å². The molecule has 1 aliphatic heterocycles. The monoisotopic (exact) mass is 492 g/mol. The third-order valence-electron chi connectivity index (χ3n) is 5.34. The number of nitrogens with one attached hydrogen (secondary N) is 1. The van der Waals surface area contributed by atoms with Gasteiger partial charge in [-0.25, -0.2) is 23.5 Å². The van der Waals surface area contributed by atoms with Crippen molar-refractivity contribution in [3.63, 3.8) is 0 Å². The summed E-state index contributed by atoms with van der Waals surface area (Å²) in [6.45, 7) is 6.31. The van der Waals surface area contributed by atoms with Crippen LogP contribution in [0.4, 0.5) is 5.69 Å². The van der Waals surface area contributed by atoms with Gasteiger partial charge >= 0.3 is 0 Å². The molecule has 0 aliphatic carbocycles. The molecule has 0 aromatic carbocycles. The van der Waals surface area contributed by atoms with Crippen molar-refractivity contribution in [2.24, 2.45) is 5.14 Å². The number of nitrogens with zero attached hydrogens (tertiary/aromatic N) is 4. The molecular formula is C20H24N6O5S2. The number of aryl methyl sites for hydroxylation is 2. The molecule has 1 fully saturated rings. The number of primary sulfonamides is 1. The highest BCUT2D eigenvalue weighted by atomic mass is 32.2. The lowest BCUT2D eigenvalue weighted by Crippen LogP contribution is -2.37. The highest BCUT2D eigenvalue weighted by Crippen LogP contribution is 2.27. The third-order valence-corrected chi connectivity index (χ3v) is 7.18. The molecule has 1 amide bonds. The zero-order valence-corrected chi connectivity index (χ0v) is 19.6. The largest absolute Gasteiger partial charge is 0.379 e. The van der Waals surface area contributed by atoms with Gasteiger partial charge in [-0.05, 0) is 25.5 Å². The summed E-state index contributed by atoms with van der Waals surface area (Å²) in [6.07, 6.45) is 3.50. The van der Waals surface area contributed by atoms with Crippen LogP contribution in [0.5, 0.6) is 0 Å². The second kappa shape index (κ2) is 9.65. The lowest BCUT2D eigenvalue weighted by molar-refractivity contribution is 0.0369. The molecule has 1 aliphatic rings. The maximum Gasteiger partial charge on any atom is 0.262 e. The van der Waals surface area contributed by atoms with Crippen molar-refractivity contribution in [1.82, 2.24) is 19.4 Å². The fraction of sp³-hybridized carbons (Fsp3) is 0.400. The predicted molar refractivity (Wildman–Crippen MR) is 124 cm³/mol. The SMILES string of the molecule is Cc1sc2ncn(CCCN3CCOCC3)c(=O)c2c1C(=O)Nc1ccc(S(N)(=O)=O)nc1. The molecule has 3 aromatic rings. The topological polar surface area (TPSA) is 150 Å². The van der Waals surface area contributed by atoms with E-state index >= 15 is 0 Å². The molecule has 0 bridgehead atoms. The van der Waals surface area contributed by atoms with Crippen LogP contribution in [0.15, 0.2) is 34.5 Å². The van der Waals surface area contributed by atoms with Gasteiger partial charge in [0.1, 0.15) is 4.83 Å². The number of rotatable bonds is 7. The number of carbonyl (C=O) groups excluding carboxylic acids is 1. The lowest BCUT2D eigenvalue weighted by Gasteiger charge is -2.26. The van der Waals surface area contributed by atoms with E-state index in [1.807, 2.05) is 0 Å². The summed E-state index contributed by atoms with van der Waals surface area (Å²) in [5, 5.41) is 7.68. The van der Waals surface area contributed by atoms with Gasteiger partial charge in [0, 0.05) is 31.1 Å². The van der Waals surface area contributed by atoms with Crippen molar-refractivity contribution in [1.29, 1.82) is 0 Å². The fourth-order valence-electron chi connectivity index (χ4n) is 3.68. The molecule has 0 atom stereocenters. The molecular weight excluding hydrogens is 468 g/mol. The molecule has 13 heteroatoms. The van der Waals surface area contributed by atoms with Crippen LogP contribution in [0, 0.1) is 6.92 Å². The first kappa shape index (κ1) is 23.4. The Balaban J connectivity index is 1.54. The number of hydrogen-bond donors (Lipinski definition) is 2. The van der Waals surface area contributed by atoms with Crippen LogP contribution in [0.25, 0.3) is 10.2 Å². The molecule has 1 saturated heterocycles. The quantitative estimate of drug-likeness (QED) is 0.491. The number of morpholine rings is 1. The summed E-state index contributed by atoms with van der Waals surface area (Å²) in [7, 11) is -3.94. The first-order valence-corrected chi connectivity index (χ1v) is 12.7. The van der Waals surface area contributed by atoms with Crippen LogP contribution in [-0.2, 0) is 21.3 Å². The normalized spacial score (nSPS) is 15.1. The van der Waals surface area contributed by atoms with Crippen molar-refractivity contribution in [2.75, 3.05) is 38.2 Å². The Morgan fingerprint density at radius 1 is 1.24 bits per heavy atom. The van der Waals surface area contributed by atoms with Gasteiger partial charge in [0.15, 0.2) is 5.03 Å². The van der Waals surface area contributed by atoms with Crippen LogP contribution in [0.1, 0.15) is 21.7 Å². The van der Waals surface area contributed by atoms with E-state index in [2.05, 4.69) is 20.2 Å². The summed E-state index contributed by atoms with van der Waals surface area (Å²) in [4.78, 5) is 37.8. The third kappa shape index (κ3) is 5.28. The van der Waals surface area contributed by atoms with Crippen LogP contribution < -0.4 is 16.0 Å². The second-order valence-electron chi connectivity index (χ2n) is 7.65. The minimum atomic E-state index is -3.94. The Morgan fingerprint density at radius 2 is 2.00 bits per heavy atom. The molecule has 3 aromatic heterocycles. The minimum absolute atomic E-state index is 0.255. The Morgan fingerprint density at radius 3 is 2.67 bits per heavy atom. The van der Waals surface area contributed by atoms with E-state index in [-0.39, 0.29) is 27.2 Å². The number of anilines is 1. The van der Waals surface area contributed by atoms with Crippen LogP contribution in [-0.4, -0.2) is 66.6 Å². The Kier molecular flexibility index (Phi) is 6.86. The summed E-state index contributed by atoms with van der Waals surface area (Å²) in [6, 6.07) is 2.59. The zero-order valence-electron chi connectivity index (χ0n) is 18.0. The highest BCUT2D eigenvalue weighted by Gasteiger charge is 2.22. The average molecular weight is 493 g/mol. The van der Waals surface area contributed by atoms with Gasteiger partial charge in [0.2, 0.25) is 0 Å². The van der Waals surface area contributed by atoms with E-state index in [0.29, 0.717) is 16.3 Å². The van der Waals surface area contributed by atoms with Crippen molar-refractivity contribution in [2.45, 2.75) is 24.9 Å².